The molecule has 0 spiro atoms. The molecule has 2 aliphatic rings. The molecule has 0 aromatic heterocycles. The molecule has 0 bridgehead atoms. The molecule has 1 aromatic carbocycles. The monoisotopic (exact) mass is 331 g/mol. The average molecular weight is 331 g/mol. The van der Waals surface area contributed by atoms with Crippen molar-refractivity contribution in [2.24, 2.45) is 0 Å². The molecule has 0 saturated carbocycles. The summed E-state index contributed by atoms with van der Waals surface area (Å²) in [5, 5.41) is 0. The zero-order chi connectivity index (χ0) is 17.8. The van der Waals surface area contributed by atoms with Gasteiger partial charge < -0.3 is 14.2 Å². The molecule has 0 N–H and O–H groups in total. The molecule has 2 heterocycles. The van der Waals surface area contributed by atoms with E-state index in [0.717, 1.165) is 13.0 Å². The number of para-hydroxylation sites is 1. The Morgan fingerprint density at radius 2 is 1.75 bits per heavy atom. The van der Waals surface area contributed by atoms with Gasteiger partial charge in [0.1, 0.15) is 5.73 Å². The Morgan fingerprint density at radius 1 is 1.17 bits per heavy atom. The normalized spacial score (nSPS) is 22.9. The fraction of sp³-hybridized carbons (Fsp3) is 0.579. The van der Waals surface area contributed by atoms with Crippen LogP contribution in [-0.2, 0) is 15.7 Å². The van der Waals surface area contributed by atoms with Gasteiger partial charge in [0, 0.05) is 12.2 Å². The lowest BCUT2D eigenvalue weighted by atomic mass is 9.84. The minimum absolute atomic E-state index is 0.358. The van der Waals surface area contributed by atoms with Crippen LogP contribution in [-0.4, -0.2) is 30.4 Å². The maximum absolute atomic E-state index is 14.9. The Morgan fingerprint density at radius 3 is 2.38 bits per heavy atom. The van der Waals surface area contributed by atoms with Crippen molar-refractivity contribution in [2.45, 2.75) is 64.7 Å². The lowest BCUT2D eigenvalue weighted by molar-refractivity contribution is 0.00578. The summed E-state index contributed by atoms with van der Waals surface area (Å²) in [6.07, 6.45) is 2.63. The Bertz CT molecular complexity index is 653. The molecule has 0 radical (unpaired) electrons. The quantitative estimate of drug-likeness (QED) is 0.770. The van der Waals surface area contributed by atoms with E-state index in [-0.39, 0.29) is 5.73 Å². The number of halogens is 1. The zero-order valence-electron chi connectivity index (χ0n) is 15.5. The Balaban J connectivity index is 1.83. The van der Waals surface area contributed by atoms with E-state index in [1.54, 1.807) is 6.08 Å². The fourth-order valence-electron chi connectivity index (χ4n) is 3.38. The first-order valence-electron chi connectivity index (χ1n) is 8.63. The number of fused-ring (bicyclic) bond motifs is 1. The largest absolute Gasteiger partial charge is 0.524 e. The minimum atomic E-state index is -0.938. The molecule has 3 nitrogen and oxygen atoms in total. The molecule has 1 fully saturated rings. The molecule has 130 valence electrons. The molecule has 0 unspecified atom stereocenters. The van der Waals surface area contributed by atoms with E-state index in [4.69, 9.17) is 9.31 Å². The predicted octanol–water partition coefficient (Wildman–Crippen LogP) is 4.31. The second-order valence-corrected chi connectivity index (χ2v) is 8.30. The highest BCUT2D eigenvalue weighted by atomic mass is 19.1. The molecular weight excluding hydrogens is 304 g/mol. The second-order valence-electron chi connectivity index (χ2n) is 8.30. The van der Waals surface area contributed by atoms with E-state index < -0.39 is 23.9 Å². The van der Waals surface area contributed by atoms with Crippen LogP contribution >= 0.6 is 0 Å². The van der Waals surface area contributed by atoms with Gasteiger partial charge in [0.2, 0.25) is 0 Å². The number of benzene rings is 1. The van der Waals surface area contributed by atoms with Gasteiger partial charge in [0.25, 0.3) is 0 Å². The van der Waals surface area contributed by atoms with Crippen molar-refractivity contribution in [2.75, 3.05) is 11.4 Å². The van der Waals surface area contributed by atoms with Gasteiger partial charge in [0.05, 0.1) is 16.7 Å². The second kappa shape index (κ2) is 5.60. The van der Waals surface area contributed by atoms with Crippen molar-refractivity contribution >= 4 is 12.8 Å². The van der Waals surface area contributed by atoms with Crippen molar-refractivity contribution in [3.8, 4) is 0 Å². The number of anilines is 1. The summed E-state index contributed by atoms with van der Waals surface area (Å²) in [5.74, 6) is 0. The number of rotatable bonds is 3. The van der Waals surface area contributed by atoms with Crippen LogP contribution in [0.1, 0.15) is 47.1 Å². The first-order valence-corrected chi connectivity index (χ1v) is 8.63. The molecule has 5 heteroatoms. The first kappa shape index (κ1) is 17.5. The van der Waals surface area contributed by atoms with Crippen LogP contribution in [0.2, 0.25) is 0 Å². The lowest BCUT2D eigenvalue weighted by Gasteiger charge is -2.35. The van der Waals surface area contributed by atoms with Gasteiger partial charge in [-0.15, -0.1) is 0 Å². The lowest BCUT2D eigenvalue weighted by Crippen LogP contribution is -2.42. The van der Waals surface area contributed by atoms with Gasteiger partial charge in [-0.3, -0.25) is 0 Å². The SMILES string of the molecule is CC(C)(C=C(F)B1OC(C)(C)C(C)(C)O1)N1CCc2ccccc21. The van der Waals surface area contributed by atoms with Crippen LogP contribution in [0, 0.1) is 0 Å². The third kappa shape index (κ3) is 2.88. The first-order chi connectivity index (χ1) is 11.0. The molecule has 0 atom stereocenters. The van der Waals surface area contributed by atoms with Gasteiger partial charge >= 0.3 is 7.12 Å². The highest BCUT2D eigenvalue weighted by molar-refractivity contribution is 6.53. The van der Waals surface area contributed by atoms with E-state index in [9.17, 15) is 4.39 Å². The fourth-order valence-corrected chi connectivity index (χ4v) is 3.38. The van der Waals surface area contributed by atoms with Gasteiger partial charge in [-0.1, -0.05) is 18.2 Å². The van der Waals surface area contributed by atoms with Crippen LogP contribution in [0.4, 0.5) is 10.1 Å². The van der Waals surface area contributed by atoms with E-state index in [1.165, 1.54) is 11.3 Å². The van der Waals surface area contributed by atoms with Crippen molar-refractivity contribution in [1.82, 2.24) is 0 Å². The van der Waals surface area contributed by atoms with Crippen molar-refractivity contribution in [3.05, 3.63) is 41.6 Å². The van der Waals surface area contributed by atoms with Gasteiger partial charge in [-0.05, 0) is 65.7 Å². The summed E-state index contributed by atoms with van der Waals surface area (Å²) < 4.78 is 26.5. The molecule has 1 saturated heterocycles. The molecule has 3 rings (SSSR count). The Hall–Kier alpha value is -1.33. The Kier molecular flexibility index (Phi) is 4.08. The number of nitrogens with zero attached hydrogens (tertiary/aromatic N) is 1. The smallest absolute Gasteiger partial charge is 0.398 e. The zero-order valence-corrected chi connectivity index (χ0v) is 15.5. The number of hydrogen-bond donors (Lipinski definition) is 0. The van der Waals surface area contributed by atoms with E-state index >= 15 is 0 Å². The standard InChI is InChI=1S/C19H27BFNO2/c1-17(2,22-12-11-14-9-7-8-10-15(14)22)13-16(21)20-23-18(3,4)19(5,6)24-20/h7-10,13H,11-12H2,1-6H3. The Labute approximate surface area is 145 Å². The van der Waals surface area contributed by atoms with Crippen LogP contribution in [0.5, 0.6) is 0 Å². The molecule has 0 aliphatic carbocycles. The third-order valence-corrected chi connectivity index (χ3v) is 5.55. The van der Waals surface area contributed by atoms with E-state index in [2.05, 4.69) is 23.1 Å². The molecule has 2 aliphatic heterocycles. The van der Waals surface area contributed by atoms with E-state index in [1.807, 2.05) is 47.6 Å². The van der Waals surface area contributed by atoms with Gasteiger partial charge in [-0.25, -0.2) is 4.39 Å². The van der Waals surface area contributed by atoms with Crippen molar-refractivity contribution in [3.63, 3.8) is 0 Å². The maximum atomic E-state index is 14.9. The number of hydrogen-bond acceptors (Lipinski definition) is 3. The summed E-state index contributed by atoms with van der Waals surface area (Å²) in [6, 6.07) is 8.32. The van der Waals surface area contributed by atoms with Crippen molar-refractivity contribution in [1.29, 1.82) is 0 Å². The molecule has 0 amide bonds. The predicted molar refractivity (Wildman–Crippen MR) is 96.8 cm³/mol. The topological polar surface area (TPSA) is 21.7 Å². The van der Waals surface area contributed by atoms with Gasteiger partial charge in [-0.2, -0.15) is 0 Å². The molecular formula is C19H27BFNO2. The highest BCUT2D eigenvalue weighted by Gasteiger charge is 2.53. The highest BCUT2D eigenvalue weighted by Crippen LogP contribution is 2.40. The summed E-state index contributed by atoms with van der Waals surface area (Å²) in [6.45, 7) is 12.7. The molecule has 24 heavy (non-hydrogen) atoms. The average Bonchev–Trinajstić information content (AvgIpc) is 2.98. The van der Waals surface area contributed by atoms with Crippen LogP contribution < -0.4 is 4.90 Å². The summed E-state index contributed by atoms with van der Waals surface area (Å²) in [4.78, 5) is 2.24. The third-order valence-electron chi connectivity index (χ3n) is 5.55. The van der Waals surface area contributed by atoms with Crippen LogP contribution in [0.25, 0.3) is 0 Å². The van der Waals surface area contributed by atoms with Gasteiger partial charge in [0.15, 0.2) is 0 Å². The van der Waals surface area contributed by atoms with E-state index in [0.29, 0.717) is 0 Å². The van der Waals surface area contributed by atoms with Crippen LogP contribution in [0.15, 0.2) is 36.1 Å². The van der Waals surface area contributed by atoms with Crippen molar-refractivity contribution < 1.29 is 13.7 Å². The summed E-state index contributed by atoms with van der Waals surface area (Å²) in [5.41, 5.74) is 0.610. The maximum Gasteiger partial charge on any atom is 0.524 e. The molecule has 1 aromatic rings. The van der Waals surface area contributed by atoms with Crippen LogP contribution in [0.3, 0.4) is 0 Å². The minimum Gasteiger partial charge on any atom is -0.398 e. The summed E-state index contributed by atoms with van der Waals surface area (Å²) >= 11 is 0. The summed E-state index contributed by atoms with van der Waals surface area (Å²) in [7, 11) is -0.938.